The lowest BCUT2D eigenvalue weighted by Crippen LogP contribution is -2.15. The van der Waals surface area contributed by atoms with Crippen LogP contribution >= 0.6 is 0 Å². The third-order valence-corrected chi connectivity index (χ3v) is 11.4. The Morgan fingerprint density at radius 3 is 1.45 bits per heavy atom. The van der Waals surface area contributed by atoms with Crippen molar-refractivity contribution in [1.82, 2.24) is 4.98 Å². The summed E-state index contributed by atoms with van der Waals surface area (Å²) in [5, 5.41) is 2.60. The summed E-state index contributed by atoms with van der Waals surface area (Å²) >= 11 is 0. The molecule has 0 amide bonds. The van der Waals surface area contributed by atoms with Crippen LogP contribution in [0.25, 0.3) is 88.9 Å². The number of hydrogen-bond donors (Lipinski definition) is 0. The normalized spacial score (nSPS) is 12.7. The largest absolute Gasteiger partial charge is 0.248 e. The van der Waals surface area contributed by atoms with E-state index in [1.165, 1.54) is 66.4 Å². The van der Waals surface area contributed by atoms with E-state index >= 15 is 0 Å². The summed E-state index contributed by atoms with van der Waals surface area (Å²) < 4.78 is 0. The minimum atomic E-state index is -0.114. The van der Waals surface area contributed by atoms with Crippen molar-refractivity contribution in [3.63, 3.8) is 0 Å². The quantitative estimate of drug-likeness (QED) is 0.168. The van der Waals surface area contributed by atoms with Gasteiger partial charge in [0, 0.05) is 16.5 Å². The molecular formula is C54H39N. The van der Waals surface area contributed by atoms with Gasteiger partial charge in [-0.25, -0.2) is 4.98 Å². The van der Waals surface area contributed by atoms with Crippen molar-refractivity contribution >= 4 is 10.8 Å². The topological polar surface area (TPSA) is 12.9 Å². The Kier molecular flexibility index (Phi) is 7.89. The van der Waals surface area contributed by atoms with Gasteiger partial charge < -0.3 is 0 Å². The Morgan fingerprint density at radius 2 is 0.818 bits per heavy atom. The molecule has 0 radical (unpaired) electrons. The van der Waals surface area contributed by atoms with Crippen LogP contribution in [0, 0.1) is 0 Å². The van der Waals surface area contributed by atoms with Gasteiger partial charge in [0.05, 0.1) is 11.4 Å². The van der Waals surface area contributed by atoms with Gasteiger partial charge in [-0.2, -0.15) is 0 Å². The average Bonchev–Trinajstić information content (AvgIpc) is 3.50. The Hall–Kier alpha value is -6.83. The molecule has 0 saturated heterocycles. The van der Waals surface area contributed by atoms with Gasteiger partial charge in [-0.1, -0.05) is 178 Å². The Balaban J connectivity index is 1.16. The zero-order valence-electron chi connectivity index (χ0n) is 31.0. The number of benzene rings is 8. The summed E-state index contributed by atoms with van der Waals surface area (Å²) in [4.78, 5) is 5.37. The summed E-state index contributed by atoms with van der Waals surface area (Å²) in [6, 6.07) is 72.6. The molecule has 9 aromatic rings. The van der Waals surface area contributed by atoms with E-state index in [0.29, 0.717) is 0 Å². The summed E-state index contributed by atoms with van der Waals surface area (Å²) in [6.45, 7) is 4.76. The van der Waals surface area contributed by atoms with Crippen molar-refractivity contribution < 1.29 is 0 Å². The highest BCUT2D eigenvalue weighted by Crippen LogP contribution is 2.55. The fourth-order valence-corrected chi connectivity index (χ4v) is 8.72. The smallest absolute Gasteiger partial charge is 0.0715 e. The van der Waals surface area contributed by atoms with Gasteiger partial charge in [-0.3, -0.25) is 0 Å². The van der Waals surface area contributed by atoms with Gasteiger partial charge in [0.2, 0.25) is 0 Å². The van der Waals surface area contributed by atoms with E-state index in [9.17, 15) is 0 Å². The van der Waals surface area contributed by atoms with E-state index in [0.717, 1.165) is 33.6 Å². The highest BCUT2D eigenvalue weighted by Gasteiger charge is 2.38. The van der Waals surface area contributed by atoms with Crippen LogP contribution in [0.1, 0.15) is 25.0 Å². The Bertz CT molecular complexity index is 2780. The molecular weight excluding hydrogens is 663 g/mol. The fourth-order valence-electron chi connectivity index (χ4n) is 8.72. The third kappa shape index (κ3) is 5.77. The van der Waals surface area contributed by atoms with Crippen molar-refractivity contribution in [3.8, 4) is 78.1 Å². The summed E-state index contributed by atoms with van der Waals surface area (Å²) in [5.41, 5.74) is 19.0. The molecule has 1 aromatic heterocycles. The van der Waals surface area contributed by atoms with Gasteiger partial charge in [0.1, 0.15) is 0 Å². The van der Waals surface area contributed by atoms with Crippen LogP contribution in [0.5, 0.6) is 0 Å². The molecule has 260 valence electrons. The molecule has 1 heterocycles. The van der Waals surface area contributed by atoms with Crippen LogP contribution in [0.15, 0.2) is 200 Å². The molecule has 55 heavy (non-hydrogen) atoms. The second-order valence-electron chi connectivity index (χ2n) is 15.2. The molecule has 0 atom stereocenters. The lowest BCUT2D eigenvalue weighted by atomic mass is 9.79. The summed E-state index contributed by atoms with van der Waals surface area (Å²) in [7, 11) is 0. The highest BCUT2D eigenvalue weighted by molar-refractivity contribution is 6.05. The van der Waals surface area contributed by atoms with Crippen LogP contribution in [0.3, 0.4) is 0 Å². The first-order valence-corrected chi connectivity index (χ1v) is 19.1. The van der Waals surface area contributed by atoms with Crippen molar-refractivity contribution in [2.75, 3.05) is 0 Å². The zero-order chi connectivity index (χ0) is 36.9. The molecule has 0 unspecified atom stereocenters. The van der Waals surface area contributed by atoms with Crippen LogP contribution < -0.4 is 0 Å². The predicted octanol–water partition coefficient (Wildman–Crippen LogP) is 14.5. The average molecular weight is 702 g/mol. The van der Waals surface area contributed by atoms with E-state index in [4.69, 9.17) is 4.98 Å². The lowest BCUT2D eigenvalue weighted by molar-refractivity contribution is 0.666. The standard InChI is InChI=1S/C54H39N/c1-54(2)49-29-12-11-28-47(49)52-48(33-42-20-9-10-27-46(42)53(52)54)41-24-13-23-40(30-41)45-34-50(43-25-14-21-38(31-43)36-16-5-3-6-17-36)55-51(35-45)44-26-15-22-39(32-44)37-18-7-4-8-19-37/h3-35H,1-2H3. The number of pyridine rings is 1. The first kappa shape index (κ1) is 32.8. The maximum atomic E-state index is 5.37. The number of rotatable bonds is 6. The Labute approximate surface area is 323 Å². The van der Waals surface area contributed by atoms with E-state index in [1.807, 2.05) is 0 Å². The van der Waals surface area contributed by atoms with Gasteiger partial charge in [0.15, 0.2) is 0 Å². The molecule has 0 fully saturated rings. The lowest BCUT2D eigenvalue weighted by Gasteiger charge is -2.24. The molecule has 1 aliphatic rings. The number of nitrogens with zero attached hydrogens (tertiary/aromatic N) is 1. The molecule has 0 aliphatic heterocycles. The molecule has 1 heteroatoms. The van der Waals surface area contributed by atoms with Gasteiger partial charge in [-0.15, -0.1) is 0 Å². The first-order valence-electron chi connectivity index (χ1n) is 19.1. The molecule has 0 N–H and O–H groups in total. The van der Waals surface area contributed by atoms with E-state index < -0.39 is 0 Å². The molecule has 1 nitrogen and oxygen atoms in total. The predicted molar refractivity (Wildman–Crippen MR) is 232 cm³/mol. The minimum absolute atomic E-state index is 0.114. The fraction of sp³-hybridized carbons (Fsp3) is 0.0556. The van der Waals surface area contributed by atoms with Crippen LogP contribution in [0.4, 0.5) is 0 Å². The second kappa shape index (κ2) is 13.2. The van der Waals surface area contributed by atoms with Crippen LogP contribution in [-0.4, -0.2) is 4.98 Å². The highest BCUT2D eigenvalue weighted by atomic mass is 14.7. The van der Waals surface area contributed by atoms with E-state index in [2.05, 4.69) is 214 Å². The number of hydrogen-bond acceptors (Lipinski definition) is 1. The maximum absolute atomic E-state index is 5.37. The van der Waals surface area contributed by atoms with Crippen LogP contribution in [-0.2, 0) is 5.41 Å². The van der Waals surface area contributed by atoms with E-state index in [1.54, 1.807) is 0 Å². The molecule has 0 spiro atoms. The van der Waals surface area contributed by atoms with Crippen molar-refractivity contribution in [1.29, 1.82) is 0 Å². The van der Waals surface area contributed by atoms with Gasteiger partial charge in [-0.05, 0) is 114 Å². The van der Waals surface area contributed by atoms with Crippen LogP contribution in [0.2, 0.25) is 0 Å². The third-order valence-electron chi connectivity index (χ3n) is 11.4. The summed E-state index contributed by atoms with van der Waals surface area (Å²) in [6.07, 6.45) is 0. The van der Waals surface area contributed by atoms with Gasteiger partial charge in [0.25, 0.3) is 0 Å². The monoisotopic (exact) mass is 701 g/mol. The van der Waals surface area contributed by atoms with E-state index in [-0.39, 0.29) is 5.41 Å². The molecule has 8 aromatic carbocycles. The van der Waals surface area contributed by atoms with Crippen molar-refractivity contribution in [3.05, 3.63) is 211 Å². The zero-order valence-corrected chi connectivity index (χ0v) is 31.0. The SMILES string of the molecule is CC1(C)c2ccccc2-c2c(-c3cccc(-c4cc(-c5cccc(-c6ccccc6)c5)nc(-c5cccc(-c6ccccc6)c5)c4)c3)cc3ccccc3c21. The summed E-state index contributed by atoms with van der Waals surface area (Å²) in [5.74, 6) is 0. The minimum Gasteiger partial charge on any atom is -0.248 e. The molecule has 0 bridgehead atoms. The molecule has 10 rings (SSSR count). The van der Waals surface area contributed by atoms with Crippen molar-refractivity contribution in [2.24, 2.45) is 0 Å². The van der Waals surface area contributed by atoms with Crippen molar-refractivity contribution in [2.45, 2.75) is 19.3 Å². The molecule has 0 saturated carbocycles. The van der Waals surface area contributed by atoms with Gasteiger partial charge >= 0.3 is 0 Å². The second-order valence-corrected chi connectivity index (χ2v) is 15.2. The number of fused-ring (bicyclic) bond motifs is 5. The Morgan fingerprint density at radius 1 is 0.345 bits per heavy atom. The first-order chi connectivity index (χ1) is 27.0. The number of aromatic nitrogens is 1. The maximum Gasteiger partial charge on any atom is 0.0715 e. The molecule has 1 aliphatic carbocycles.